The van der Waals surface area contributed by atoms with E-state index in [-0.39, 0.29) is 0 Å². The number of pyridine rings is 1. The van der Waals surface area contributed by atoms with Crippen LogP contribution in [0.2, 0.25) is 0 Å². The minimum absolute atomic E-state index is 0.676. The summed E-state index contributed by atoms with van der Waals surface area (Å²) in [4.78, 5) is 8.58. The molecule has 0 radical (unpaired) electrons. The summed E-state index contributed by atoms with van der Waals surface area (Å²) >= 11 is 0. The predicted molar refractivity (Wildman–Crippen MR) is 62.6 cm³/mol. The number of aromatic nitrogens is 1. The molecule has 1 aliphatic rings. The van der Waals surface area contributed by atoms with Gasteiger partial charge in [-0.15, -0.1) is 0 Å². The molecule has 2 N–H and O–H groups in total. The molecule has 1 aromatic heterocycles. The van der Waals surface area contributed by atoms with Gasteiger partial charge in [0, 0.05) is 13.1 Å². The normalized spacial score (nSPS) is 14.9. The van der Waals surface area contributed by atoms with Gasteiger partial charge in [0.15, 0.2) is 5.96 Å². The molecule has 0 saturated heterocycles. The smallest absolute Gasteiger partial charge is 0.191 e. The third-order valence-electron chi connectivity index (χ3n) is 2.37. The molecule has 0 amide bonds. The molecule has 0 spiro atoms. The summed E-state index contributed by atoms with van der Waals surface area (Å²) in [5, 5.41) is 6.41. The van der Waals surface area contributed by atoms with Crippen molar-refractivity contribution >= 4 is 5.96 Å². The van der Waals surface area contributed by atoms with Gasteiger partial charge in [-0.25, -0.2) is 0 Å². The van der Waals surface area contributed by atoms with Crippen molar-refractivity contribution < 1.29 is 4.74 Å². The molecule has 0 aromatic carbocycles. The minimum Gasteiger partial charge on any atom is -0.495 e. The predicted octanol–water partition coefficient (Wildman–Crippen LogP) is 0.529. The van der Waals surface area contributed by atoms with Crippen molar-refractivity contribution in [2.45, 2.75) is 13.0 Å². The van der Waals surface area contributed by atoms with Gasteiger partial charge >= 0.3 is 0 Å². The number of ether oxygens (including phenoxy) is 1. The van der Waals surface area contributed by atoms with Crippen LogP contribution in [0.5, 0.6) is 5.75 Å². The monoisotopic (exact) mass is 220 g/mol. The van der Waals surface area contributed by atoms with Gasteiger partial charge in [-0.05, 0) is 18.6 Å². The maximum absolute atomic E-state index is 5.04. The van der Waals surface area contributed by atoms with Crippen molar-refractivity contribution in [3.05, 3.63) is 24.0 Å². The van der Waals surface area contributed by atoms with Crippen molar-refractivity contribution in [3.8, 4) is 5.75 Å². The molecule has 16 heavy (non-hydrogen) atoms. The average molecular weight is 220 g/mol. The summed E-state index contributed by atoms with van der Waals surface area (Å²) in [6.07, 6.45) is 2.82. The van der Waals surface area contributed by atoms with Gasteiger partial charge in [-0.1, -0.05) is 0 Å². The Hall–Kier alpha value is -1.78. The van der Waals surface area contributed by atoms with E-state index in [1.807, 2.05) is 12.1 Å². The molecule has 0 fully saturated rings. The first-order valence-electron chi connectivity index (χ1n) is 5.39. The number of hydrogen-bond donors (Lipinski definition) is 2. The first-order valence-corrected chi connectivity index (χ1v) is 5.39. The van der Waals surface area contributed by atoms with E-state index in [0.29, 0.717) is 6.54 Å². The molecule has 1 aromatic rings. The van der Waals surface area contributed by atoms with E-state index in [1.54, 1.807) is 13.3 Å². The Balaban J connectivity index is 1.86. The van der Waals surface area contributed by atoms with Crippen LogP contribution in [0.4, 0.5) is 0 Å². The number of nitrogens with one attached hydrogen (secondary N) is 2. The zero-order chi connectivity index (χ0) is 11.2. The van der Waals surface area contributed by atoms with Crippen LogP contribution in [0.1, 0.15) is 12.1 Å². The lowest BCUT2D eigenvalue weighted by Gasteiger charge is -2.15. The summed E-state index contributed by atoms with van der Waals surface area (Å²) < 4.78 is 5.04. The lowest BCUT2D eigenvalue weighted by molar-refractivity contribution is 0.412. The highest BCUT2D eigenvalue weighted by molar-refractivity contribution is 5.80. The largest absolute Gasteiger partial charge is 0.495 e. The molecule has 0 unspecified atom stereocenters. The fraction of sp³-hybridized carbons (Fsp3) is 0.455. The summed E-state index contributed by atoms with van der Waals surface area (Å²) in [6.45, 7) is 2.56. The van der Waals surface area contributed by atoms with Crippen molar-refractivity contribution in [2.75, 3.05) is 20.2 Å². The third kappa shape index (κ3) is 2.85. The molecular formula is C11H16N4O. The number of aliphatic imine (C=N–C) groups is 1. The van der Waals surface area contributed by atoms with Crippen molar-refractivity contribution in [1.29, 1.82) is 0 Å². The first kappa shape index (κ1) is 10.7. The third-order valence-corrected chi connectivity index (χ3v) is 2.37. The van der Waals surface area contributed by atoms with Gasteiger partial charge in [0.1, 0.15) is 5.75 Å². The van der Waals surface area contributed by atoms with E-state index in [4.69, 9.17) is 4.74 Å². The zero-order valence-corrected chi connectivity index (χ0v) is 9.36. The van der Waals surface area contributed by atoms with Gasteiger partial charge < -0.3 is 15.4 Å². The Morgan fingerprint density at radius 3 is 3.06 bits per heavy atom. The van der Waals surface area contributed by atoms with E-state index < -0.39 is 0 Å². The maximum Gasteiger partial charge on any atom is 0.191 e. The molecule has 86 valence electrons. The lowest BCUT2D eigenvalue weighted by Crippen LogP contribution is -2.40. The summed E-state index contributed by atoms with van der Waals surface area (Å²) in [5.74, 6) is 1.64. The number of nitrogens with zero attached hydrogens (tertiary/aromatic N) is 2. The second-order valence-corrected chi connectivity index (χ2v) is 3.55. The molecule has 2 rings (SSSR count). The number of guanidine groups is 1. The topological polar surface area (TPSA) is 58.5 Å². The van der Waals surface area contributed by atoms with Crippen LogP contribution < -0.4 is 15.4 Å². The fourth-order valence-electron chi connectivity index (χ4n) is 1.46. The maximum atomic E-state index is 5.04. The first-order chi connectivity index (χ1) is 7.88. The molecule has 5 nitrogen and oxygen atoms in total. The molecule has 0 aliphatic carbocycles. The Morgan fingerprint density at radius 1 is 1.50 bits per heavy atom. The Labute approximate surface area is 94.9 Å². The number of rotatable bonds is 3. The fourth-order valence-corrected chi connectivity index (χ4v) is 1.46. The molecule has 0 atom stereocenters. The van der Waals surface area contributed by atoms with Crippen LogP contribution in [0.25, 0.3) is 0 Å². The van der Waals surface area contributed by atoms with Crippen LogP contribution in [0.15, 0.2) is 23.3 Å². The van der Waals surface area contributed by atoms with Crippen LogP contribution in [0.3, 0.4) is 0 Å². The highest BCUT2D eigenvalue weighted by atomic mass is 16.5. The van der Waals surface area contributed by atoms with Crippen molar-refractivity contribution in [3.63, 3.8) is 0 Å². The van der Waals surface area contributed by atoms with Crippen LogP contribution >= 0.6 is 0 Å². The standard InChI is InChI=1S/C11H16N4O/c1-16-10-4-3-9(14-8-10)7-15-11-12-5-2-6-13-11/h3-4,8H,2,5-7H2,1H3,(H2,12,13,15). The number of hydrogen-bond acceptors (Lipinski definition) is 5. The van der Waals surface area contributed by atoms with Gasteiger partial charge in [0.25, 0.3) is 0 Å². The van der Waals surface area contributed by atoms with Crippen LogP contribution in [-0.2, 0) is 6.54 Å². The van der Waals surface area contributed by atoms with E-state index in [0.717, 1.165) is 36.9 Å². The van der Waals surface area contributed by atoms with Crippen LogP contribution in [-0.4, -0.2) is 31.1 Å². The second kappa shape index (κ2) is 5.34. The Kier molecular flexibility index (Phi) is 3.58. The van der Waals surface area contributed by atoms with Crippen molar-refractivity contribution in [1.82, 2.24) is 15.6 Å². The summed E-state index contributed by atoms with van der Waals surface area (Å²) in [6, 6.07) is 3.84. The van der Waals surface area contributed by atoms with Crippen molar-refractivity contribution in [2.24, 2.45) is 4.99 Å². The summed E-state index contributed by atoms with van der Waals surface area (Å²) in [7, 11) is 1.63. The zero-order valence-electron chi connectivity index (χ0n) is 9.36. The van der Waals surface area contributed by atoms with E-state index >= 15 is 0 Å². The second-order valence-electron chi connectivity index (χ2n) is 3.55. The van der Waals surface area contributed by atoms with E-state index in [1.165, 1.54) is 0 Å². The van der Waals surface area contributed by atoms with Gasteiger partial charge in [0.2, 0.25) is 0 Å². The molecular weight excluding hydrogens is 204 g/mol. The molecule has 2 heterocycles. The SMILES string of the molecule is COc1ccc(CNC2=NCCCN2)nc1. The highest BCUT2D eigenvalue weighted by Gasteiger charge is 2.03. The molecule has 0 bridgehead atoms. The number of methoxy groups -OCH3 is 1. The Bertz CT molecular complexity index is 361. The molecule has 5 heteroatoms. The van der Waals surface area contributed by atoms with E-state index in [2.05, 4.69) is 20.6 Å². The van der Waals surface area contributed by atoms with E-state index in [9.17, 15) is 0 Å². The van der Waals surface area contributed by atoms with Gasteiger partial charge in [-0.2, -0.15) is 0 Å². The van der Waals surface area contributed by atoms with Gasteiger partial charge in [-0.3, -0.25) is 9.98 Å². The van der Waals surface area contributed by atoms with Gasteiger partial charge in [0.05, 0.1) is 25.5 Å². The minimum atomic E-state index is 0.676. The molecule has 0 saturated carbocycles. The highest BCUT2D eigenvalue weighted by Crippen LogP contribution is 2.07. The average Bonchev–Trinajstić information content (AvgIpc) is 2.38. The summed E-state index contributed by atoms with van der Waals surface area (Å²) in [5.41, 5.74) is 0.968. The Morgan fingerprint density at radius 2 is 2.44 bits per heavy atom. The lowest BCUT2D eigenvalue weighted by atomic mass is 10.3. The van der Waals surface area contributed by atoms with Crippen LogP contribution in [0, 0.1) is 0 Å². The quantitative estimate of drug-likeness (QED) is 0.780. The molecule has 1 aliphatic heterocycles.